The number of guanidine groups is 1. The lowest BCUT2D eigenvalue weighted by molar-refractivity contribution is -0.130. The van der Waals surface area contributed by atoms with Crippen LogP contribution in [0.3, 0.4) is 0 Å². The summed E-state index contributed by atoms with van der Waals surface area (Å²) in [6, 6.07) is 3.56. The van der Waals surface area contributed by atoms with Crippen LogP contribution in [0.2, 0.25) is 0 Å². The van der Waals surface area contributed by atoms with Crippen LogP contribution in [0, 0.1) is 0 Å². The zero-order valence-corrected chi connectivity index (χ0v) is 15.3. The van der Waals surface area contributed by atoms with Crippen molar-refractivity contribution in [3.63, 3.8) is 0 Å². The topological polar surface area (TPSA) is 99.0 Å². The third-order valence-corrected chi connectivity index (χ3v) is 3.51. The minimum atomic E-state index is -0.201. The second-order valence-electron chi connectivity index (χ2n) is 5.29. The van der Waals surface area contributed by atoms with Crippen LogP contribution in [0.5, 0.6) is 0 Å². The Bertz CT molecular complexity index is 538. The van der Waals surface area contributed by atoms with E-state index in [2.05, 4.69) is 20.9 Å². The molecule has 0 aliphatic rings. The summed E-state index contributed by atoms with van der Waals surface area (Å²) in [6.45, 7) is 8.75. The van der Waals surface area contributed by atoms with Crippen molar-refractivity contribution in [1.82, 2.24) is 20.9 Å². The molecule has 1 heterocycles. The second kappa shape index (κ2) is 11.9. The minimum absolute atomic E-state index is 0.0000331. The van der Waals surface area contributed by atoms with E-state index in [0.29, 0.717) is 50.9 Å². The Morgan fingerprint density at radius 1 is 1.16 bits per heavy atom. The standard InChI is InChI=1S/C17H29N5O3/c1-4-18-17(19-10-9-16(24)22(5-2)6-3)21-13-15(23)20-12-14-8-7-11-25-14/h7-8,11H,4-6,9-10,12-13H2,1-3H3,(H,20,23)(H2,18,19,21). The molecule has 8 nitrogen and oxygen atoms in total. The molecule has 3 N–H and O–H groups in total. The Balaban J connectivity index is 2.37. The first-order chi connectivity index (χ1) is 12.1. The fraction of sp³-hybridized carbons (Fsp3) is 0.588. The number of carbonyl (C=O) groups excluding carboxylic acids is 2. The number of nitrogens with one attached hydrogen (secondary N) is 3. The van der Waals surface area contributed by atoms with E-state index in [-0.39, 0.29) is 18.4 Å². The van der Waals surface area contributed by atoms with Gasteiger partial charge in [0, 0.05) is 32.6 Å². The molecule has 0 saturated heterocycles. The molecule has 1 aromatic heterocycles. The summed E-state index contributed by atoms with van der Waals surface area (Å²) >= 11 is 0. The lowest BCUT2D eigenvalue weighted by atomic mass is 10.3. The molecule has 0 fully saturated rings. The smallest absolute Gasteiger partial charge is 0.242 e. The first-order valence-electron chi connectivity index (χ1n) is 8.69. The highest BCUT2D eigenvalue weighted by atomic mass is 16.3. The van der Waals surface area contributed by atoms with Gasteiger partial charge in [-0.3, -0.25) is 9.59 Å². The Kier molecular flexibility index (Phi) is 9.81. The number of hydrogen-bond acceptors (Lipinski definition) is 4. The molecule has 25 heavy (non-hydrogen) atoms. The van der Waals surface area contributed by atoms with Crippen molar-refractivity contribution in [3.05, 3.63) is 24.2 Å². The van der Waals surface area contributed by atoms with Gasteiger partial charge in [0.25, 0.3) is 0 Å². The van der Waals surface area contributed by atoms with E-state index in [9.17, 15) is 9.59 Å². The molecule has 0 bridgehead atoms. The van der Waals surface area contributed by atoms with Crippen LogP contribution in [0.4, 0.5) is 0 Å². The van der Waals surface area contributed by atoms with E-state index in [1.807, 2.05) is 20.8 Å². The van der Waals surface area contributed by atoms with Crippen molar-refractivity contribution in [3.8, 4) is 0 Å². The van der Waals surface area contributed by atoms with Gasteiger partial charge in [-0.25, -0.2) is 4.99 Å². The highest BCUT2D eigenvalue weighted by molar-refractivity contribution is 5.85. The zero-order valence-electron chi connectivity index (χ0n) is 15.3. The molecule has 0 unspecified atom stereocenters. The molecule has 2 amide bonds. The van der Waals surface area contributed by atoms with Crippen molar-refractivity contribution in [2.24, 2.45) is 4.99 Å². The van der Waals surface area contributed by atoms with Crippen molar-refractivity contribution < 1.29 is 14.0 Å². The number of carbonyl (C=O) groups is 2. The van der Waals surface area contributed by atoms with E-state index < -0.39 is 0 Å². The highest BCUT2D eigenvalue weighted by Gasteiger charge is 2.09. The fourth-order valence-corrected chi connectivity index (χ4v) is 2.17. The molecule has 0 aliphatic heterocycles. The van der Waals surface area contributed by atoms with E-state index in [1.54, 1.807) is 23.3 Å². The first-order valence-corrected chi connectivity index (χ1v) is 8.69. The molecule has 0 atom stereocenters. The van der Waals surface area contributed by atoms with Gasteiger partial charge in [-0.15, -0.1) is 0 Å². The van der Waals surface area contributed by atoms with Crippen LogP contribution in [-0.4, -0.2) is 55.4 Å². The molecule has 0 aliphatic carbocycles. The van der Waals surface area contributed by atoms with Crippen molar-refractivity contribution in [1.29, 1.82) is 0 Å². The summed E-state index contributed by atoms with van der Waals surface area (Å²) in [4.78, 5) is 29.8. The molecule has 1 rings (SSSR count). The summed E-state index contributed by atoms with van der Waals surface area (Å²) in [5.74, 6) is 1.11. The Morgan fingerprint density at radius 3 is 2.52 bits per heavy atom. The third kappa shape index (κ3) is 8.23. The van der Waals surface area contributed by atoms with E-state index in [0.717, 1.165) is 0 Å². The Hall–Kier alpha value is -2.51. The Morgan fingerprint density at radius 2 is 1.92 bits per heavy atom. The number of hydrogen-bond donors (Lipinski definition) is 3. The first kappa shape index (κ1) is 20.5. The van der Waals surface area contributed by atoms with Gasteiger partial charge in [-0.2, -0.15) is 0 Å². The van der Waals surface area contributed by atoms with Crippen molar-refractivity contribution in [2.45, 2.75) is 33.7 Å². The average Bonchev–Trinajstić information content (AvgIpc) is 3.12. The van der Waals surface area contributed by atoms with Crippen LogP contribution < -0.4 is 16.0 Å². The molecule has 0 radical (unpaired) electrons. The van der Waals surface area contributed by atoms with Gasteiger partial charge in [-0.05, 0) is 32.9 Å². The molecule has 0 saturated carbocycles. The number of rotatable bonds is 10. The average molecular weight is 351 g/mol. The maximum atomic E-state index is 12.0. The molecular weight excluding hydrogens is 322 g/mol. The molecule has 0 aromatic carbocycles. The zero-order chi connectivity index (χ0) is 18.5. The van der Waals surface area contributed by atoms with Crippen molar-refractivity contribution in [2.75, 3.05) is 32.7 Å². The van der Waals surface area contributed by atoms with E-state index in [4.69, 9.17) is 4.42 Å². The van der Waals surface area contributed by atoms with Crippen LogP contribution in [0.15, 0.2) is 27.8 Å². The van der Waals surface area contributed by atoms with E-state index in [1.165, 1.54) is 0 Å². The summed E-state index contributed by atoms with van der Waals surface area (Å²) in [5, 5.41) is 8.86. The van der Waals surface area contributed by atoms with Gasteiger partial charge in [0.15, 0.2) is 5.96 Å². The van der Waals surface area contributed by atoms with Gasteiger partial charge in [0.1, 0.15) is 12.3 Å². The third-order valence-electron chi connectivity index (χ3n) is 3.51. The van der Waals surface area contributed by atoms with Gasteiger partial charge >= 0.3 is 0 Å². The van der Waals surface area contributed by atoms with Crippen molar-refractivity contribution >= 4 is 17.8 Å². The summed E-state index contributed by atoms with van der Waals surface area (Å²) in [6.07, 6.45) is 1.95. The van der Waals surface area contributed by atoms with Crippen LogP contribution >= 0.6 is 0 Å². The number of furan rings is 1. The SMILES string of the molecule is CCNC(=NCC(=O)NCc1ccco1)NCCC(=O)N(CC)CC. The van der Waals surface area contributed by atoms with Gasteiger partial charge < -0.3 is 25.3 Å². The lowest BCUT2D eigenvalue weighted by Crippen LogP contribution is -2.40. The van der Waals surface area contributed by atoms with Gasteiger partial charge in [-0.1, -0.05) is 0 Å². The summed E-state index contributed by atoms with van der Waals surface area (Å²) in [7, 11) is 0. The molecule has 0 spiro atoms. The number of amides is 2. The Labute approximate surface area is 149 Å². The second-order valence-corrected chi connectivity index (χ2v) is 5.29. The molecule has 8 heteroatoms. The highest BCUT2D eigenvalue weighted by Crippen LogP contribution is 1.98. The summed E-state index contributed by atoms with van der Waals surface area (Å²) < 4.78 is 5.15. The van der Waals surface area contributed by atoms with E-state index >= 15 is 0 Å². The minimum Gasteiger partial charge on any atom is -0.467 e. The number of aliphatic imine (C=N–C) groups is 1. The summed E-state index contributed by atoms with van der Waals surface area (Å²) in [5.41, 5.74) is 0. The lowest BCUT2D eigenvalue weighted by Gasteiger charge is -2.19. The van der Waals surface area contributed by atoms with Gasteiger partial charge in [0.05, 0.1) is 12.8 Å². The van der Waals surface area contributed by atoms with Crippen LogP contribution in [0.25, 0.3) is 0 Å². The molecular formula is C17H29N5O3. The maximum Gasteiger partial charge on any atom is 0.242 e. The predicted octanol–water partition coefficient (Wildman–Crippen LogP) is 0.709. The fourth-order valence-electron chi connectivity index (χ4n) is 2.17. The largest absolute Gasteiger partial charge is 0.467 e. The van der Waals surface area contributed by atoms with Crippen LogP contribution in [-0.2, 0) is 16.1 Å². The maximum absolute atomic E-state index is 12.0. The monoisotopic (exact) mass is 351 g/mol. The molecule has 1 aromatic rings. The molecule has 140 valence electrons. The van der Waals surface area contributed by atoms with Crippen LogP contribution in [0.1, 0.15) is 33.0 Å². The van der Waals surface area contributed by atoms with Gasteiger partial charge in [0.2, 0.25) is 11.8 Å². The normalized spacial score (nSPS) is 11.1. The number of nitrogens with zero attached hydrogens (tertiary/aromatic N) is 2. The quantitative estimate of drug-likeness (QED) is 0.426. The predicted molar refractivity (Wildman–Crippen MR) is 97.1 cm³/mol.